The third kappa shape index (κ3) is 5.04. The van der Waals surface area contributed by atoms with Gasteiger partial charge in [-0.25, -0.2) is 0 Å². The van der Waals surface area contributed by atoms with Crippen LogP contribution < -0.4 is 15.6 Å². The van der Waals surface area contributed by atoms with Crippen LogP contribution >= 0.6 is 12.2 Å². The summed E-state index contributed by atoms with van der Waals surface area (Å²) in [5, 5.41) is 5.13. The molecular weight excluding hydrogens is 370 g/mol. The molecule has 5 nitrogen and oxygen atoms in total. The summed E-state index contributed by atoms with van der Waals surface area (Å²) in [6.07, 6.45) is 5.98. The molecule has 1 heterocycles. The number of aromatic nitrogens is 1. The molecule has 1 aromatic carbocycles. The Balaban J connectivity index is 1.89. The maximum atomic E-state index is 12.7. The number of nitrogens with zero attached hydrogens (tertiary/aromatic N) is 1. The van der Waals surface area contributed by atoms with Crippen LogP contribution in [-0.2, 0) is 6.54 Å². The van der Waals surface area contributed by atoms with Gasteiger partial charge in [0.15, 0.2) is 5.11 Å². The summed E-state index contributed by atoms with van der Waals surface area (Å²) in [5.74, 6) is 1.30. The van der Waals surface area contributed by atoms with Gasteiger partial charge in [-0.05, 0) is 55.2 Å². The number of H-pyrrole nitrogens is 1. The number of fused-ring (bicyclic) bond motifs is 1. The second-order valence-corrected chi connectivity index (χ2v) is 8.46. The fourth-order valence-electron chi connectivity index (χ4n) is 3.81. The van der Waals surface area contributed by atoms with E-state index < -0.39 is 0 Å². The molecule has 0 amide bonds. The van der Waals surface area contributed by atoms with Crippen LogP contribution in [0.5, 0.6) is 5.75 Å². The highest BCUT2D eigenvalue weighted by Gasteiger charge is 2.24. The standard InChI is InChI=1S/C22H31N3O2S/c1-15(2)13-23-22(28)25(18-7-5-4-6-8-18)14-17-11-16-12-19(27-3)9-10-20(16)24-21(17)26/h9-12,15,18H,4-8,13-14H2,1-3H3,(H,23,28)(H,24,26). The summed E-state index contributed by atoms with van der Waals surface area (Å²) in [6.45, 7) is 5.70. The fraction of sp³-hybridized carbons (Fsp3) is 0.545. The number of hydrogen-bond donors (Lipinski definition) is 2. The highest BCUT2D eigenvalue weighted by molar-refractivity contribution is 7.80. The van der Waals surface area contributed by atoms with Gasteiger partial charge in [-0.3, -0.25) is 4.79 Å². The molecule has 2 aromatic rings. The summed E-state index contributed by atoms with van der Waals surface area (Å²) < 4.78 is 5.33. The van der Waals surface area contributed by atoms with Crippen molar-refractivity contribution < 1.29 is 4.74 Å². The molecule has 0 saturated heterocycles. The van der Waals surface area contributed by atoms with Crippen LogP contribution in [0.1, 0.15) is 51.5 Å². The van der Waals surface area contributed by atoms with Crippen LogP contribution in [0.4, 0.5) is 0 Å². The Morgan fingerprint density at radius 1 is 1.29 bits per heavy atom. The number of thiocarbonyl (C=S) groups is 1. The van der Waals surface area contributed by atoms with Gasteiger partial charge in [-0.2, -0.15) is 0 Å². The average Bonchev–Trinajstić information content (AvgIpc) is 2.70. The molecule has 2 N–H and O–H groups in total. The molecule has 152 valence electrons. The zero-order chi connectivity index (χ0) is 20.1. The topological polar surface area (TPSA) is 57.4 Å². The number of rotatable bonds is 6. The normalized spacial score (nSPS) is 15.0. The van der Waals surface area contributed by atoms with Gasteiger partial charge in [-0.1, -0.05) is 33.1 Å². The Kier molecular flexibility index (Phi) is 6.94. The quantitative estimate of drug-likeness (QED) is 0.711. The lowest BCUT2D eigenvalue weighted by Crippen LogP contribution is -2.47. The maximum absolute atomic E-state index is 12.7. The van der Waals surface area contributed by atoms with Gasteiger partial charge in [-0.15, -0.1) is 0 Å². The second-order valence-electron chi connectivity index (χ2n) is 8.08. The van der Waals surface area contributed by atoms with Crippen molar-refractivity contribution >= 4 is 28.2 Å². The highest BCUT2D eigenvalue weighted by atomic mass is 32.1. The summed E-state index contributed by atoms with van der Waals surface area (Å²) in [4.78, 5) is 18.0. The Morgan fingerprint density at radius 2 is 2.04 bits per heavy atom. The SMILES string of the molecule is COc1ccc2[nH]c(=O)c(CN(C(=S)NCC(C)C)C3CCCCC3)cc2c1. The van der Waals surface area contributed by atoms with E-state index in [0.29, 0.717) is 18.5 Å². The van der Waals surface area contributed by atoms with E-state index >= 15 is 0 Å². The molecule has 1 fully saturated rings. The molecular formula is C22H31N3O2S. The van der Waals surface area contributed by atoms with E-state index in [-0.39, 0.29) is 5.56 Å². The summed E-state index contributed by atoms with van der Waals surface area (Å²) >= 11 is 5.74. The van der Waals surface area contributed by atoms with Crippen molar-refractivity contribution in [2.24, 2.45) is 5.92 Å². The predicted molar refractivity (Wildman–Crippen MR) is 119 cm³/mol. The molecule has 1 saturated carbocycles. The van der Waals surface area contributed by atoms with E-state index in [1.54, 1.807) is 7.11 Å². The number of ether oxygens (including phenoxy) is 1. The maximum Gasteiger partial charge on any atom is 0.253 e. The lowest BCUT2D eigenvalue weighted by atomic mass is 9.94. The average molecular weight is 402 g/mol. The van der Waals surface area contributed by atoms with Crippen molar-refractivity contribution in [1.29, 1.82) is 0 Å². The van der Waals surface area contributed by atoms with Crippen LogP contribution in [0.3, 0.4) is 0 Å². The van der Waals surface area contributed by atoms with Gasteiger partial charge in [0.25, 0.3) is 5.56 Å². The van der Waals surface area contributed by atoms with Gasteiger partial charge in [0.2, 0.25) is 0 Å². The number of hydrogen-bond acceptors (Lipinski definition) is 3. The number of benzene rings is 1. The third-order valence-corrected chi connectivity index (χ3v) is 5.79. The minimum absolute atomic E-state index is 0.0508. The van der Waals surface area contributed by atoms with Gasteiger partial charge in [0, 0.05) is 29.1 Å². The van der Waals surface area contributed by atoms with E-state index in [1.165, 1.54) is 19.3 Å². The predicted octanol–water partition coefficient (Wildman–Crippen LogP) is 4.20. The second kappa shape index (κ2) is 9.41. The molecule has 28 heavy (non-hydrogen) atoms. The molecule has 0 spiro atoms. The van der Waals surface area contributed by atoms with Crippen LogP contribution in [0.2, 0.25) is 0 Å². The van der Waals surface area contributed by atoms with Gasteiger partial charge in [0.05, 0.1) is 13.7 Å². The van der Waals surface area contributed by atoms with Crippen molar-refractivity contribution in [3.63, 3.8) is 0 Å². The van der Waals surface area contributed by atoms with Crippen molar-refractivity contribution in [2.45, 2.75) is 58.5 Å². The summed E-state index contributed by atoms with van der Waals surface area (Å²) in [7, 11) is 1.65. The minimum atomic E-state index is -0.0508. The largest absolute Gasteiger partial charge is 0.497 e. The number of aromatic amines is 1. The lowest BCUT2D eigenvalue weighted by Gasteiger charge is -2.36. The Bertz CT molecular complexity index is 872. The highest BCUT2D eigenvalue weighted by Crippen LogP contribution is 2.25. The van der Waals surface area contributed by atoms with E-state index in [1.807, 2.05) is 24.3 Å². The molecule has 0 aliphatic heterocycles. The van der Waals surface area contributed by atoms with Crippen LogP contribution in [0.15, 0.2) is 29.1 Å². The Labute approximate surface area is 172 Å². The lowest BCUT2D eigenvalue weighted by molar-refractivity contribution is 0.234. The molecule has 0 bridgehead atoms. The van der Waals surface area contributed by atoms with Gasteiger partial charge < -0.3 is 19.9 Å². The van der Waals surface area contributed by atoms with E-state index in [4.69, 9.17) is 17.0 Å². The van der Waals surface area contributed by atoms with Crippen molar-refractivity contribution in [1.82, 2.24) is 15.2 Å². The Morgan fingerprint density at radius 3 is 2.71 bits per heavy atom. The first-order valence-electron chi connectivity index (χ1n) is 10.2. The first-order valence-corrected chi connectivity index (χ1v) is 10.6. The zero-order valence-electron chi connectivity index (χ0n) is 17.1. The summed E-state index contributed by atoms with van der Waals surface area (Å²) in [5.41, 5.74) is 1.50. The molecule has 1 aliphatic carbocycles. The monoisotopic (exact) mass is 401 g/mol. The molecule has 1 aliphatic rings. The van der Waals surface area contributed by atoms with Crippen molar-refractivity contribution in [3.05, 3.63) is 40.2 Å². The first kappa shape index (κ1) is 20.6. The molecule has 0 atom stereocenters. The van der Waals surface area contributed by atoms with E-state index in [0.717, 1.165) is 46.7 Å². The van der Waals surface area contributed by atoms with E-state index in [9.17, 15) is 4.79 Å². The Hall–Kier alpha value is -2.08. The number of pyridine rings is 1. The molecule has 1 aromatic heterocycles. The minimum Gasteiger partial charge on any atom is -0.497 e. The fourth-order valence-corrected chi connectivity index (χ4v) is 4.11. The molecule has 0 radical (unpaired) electrons. The van der Waals surface area contributed by atoms with Gasteiger partial charge >= 0.3 is 0 Å². The van der Waals surface area contributed by atoms with Crippen molar-refractivity contribution in [3.8, 4) is 5.75 Å². The van der Waals surface area contributed by atoms with E-state index in [2.05, 4.69) is 29.0 Å². The third-order valence-electron chi connectivity index (χ3n) is 5.41. The van der Waals surface area contributed by atoms with Crippen molar-refractivity contribution in [2.75, 3.05) is 13.7 Å². The zero-order valence-corrected chi connectivity index (χ0v) is 17.9. The van der Waals surface area contributed by atoms with Crippen LogP contribution in [0.25, 0.3) is 10.9 Å². The smallest absolute Gasteiger partial charge is 0.253 e. The van der Waals surface area contributed by atoms with Crippen LogP contribution in [-0.4, -0.2) is 34.7 Å². The first-order chi connectivity index (χ1) is 13.5. The molecule has 0 unspecified atom stereocenters. The molecule has 6 heteroatoms. The van der Waals surface area contributed by atoms with Gasteiger partial charge in [0.1, 0.15) is 5.75 Å². The van der Waals surface area contributed by atoms with Crippen LogP contribution in [0, 0.1) is 5.92 Å². The summed E-state index contributed by atoms with van der Waals surface area (Å²) in [6, 6.07) is 8.05. The number of nitrogens with one attached hydrogen (secondary N) is 2. The molecule has 3 rings (SSSR count). The number of methoxy groups -OCH3 is 1.